The maximum atomic E-state index is 12.9. The van der Waals surface area contributed by atoms with Crippen molar-refractivity contribution in [3.63, 3.8) is 0 Å². The van der Waals surface area contributed by atoms with E-state index in [9.17, 15) is 14.9 Å². The van der Waals surface area contributed by atoms with Gasteiger partial charge in [0.1, 0.15) is 6.04 Å². The quantitative estimate of drug-likeness (QED) is 0.314. The van der Waals surface area contributed by atoms with Gasteiger partial charge < -0.3 is 5.32 Å². The largest absolute Gasteiger partial charge is 0.328 e. The first-order valence-electron chi connectivity index (χ1n) is 10.1. The summed E-state index contributed by atoms with van der Waals surface area (Å²) < 4.78 is 1.71. The number of nitrogens with zero attached hydrogens (tertiary/aromatic N) is 4. The number of hydrogen-bond donors (Lipinski definition) is 1. The van der Waals surface area contributed by atoms with E-state index in [1.165, 1.54) is 23.9 Å². The van der Waals surface area contributed by atoms with E-state index in [-0.39, 0.29) is 11.5 Å². The highest BCUT2D eigenvalue weighted by Crippen LogP contribution is 2.41. The molecule has 0 radical (unpaired) electrons. The fraction of sp³-hybridized carbons (Fsp3) is 0.227. The molecular weight excluding hydrogens is 450 g/mol. The van der Waals surface area contributed by atoms with E-state index in [1.807, 2.05) is 24.3 Å². The Morgan fingerprint density at radius 3 is 2.72 bits per heavy atom. The van der Waals surface area contributed by atoms with Crippen molar-refractivity contribution in [2.75, 3.05) is 5.32 Å². The molecule has 10 heteroatoms. The Hall–Kier alpha value is -3.17. The molecule has 1 atom stereocenters. The summed E-state index contributed by atoms with van der Waals surface area (Å²) in [5.74, 6) is 1.23. The molecular formula is C22H18ClN5O3S. The number of benzene rings is 2. The number of rotatable bonds is 5. The lowest BCUT2D eigenvalue weighted by atomic mass is 9.85. The maximum absolute atomic E-state index is 12.9. The van der Waals surface area contributed by atoms with E-state index in [0.29, 0.717) is 33.9 Å². The van der Waals surface area contributed by atoms with E-state index < -0.39 is 11.0 Å². The summed E-state index contributed by atoms with van der Waals surface area (Å²) in [6.45, 7) is 0. The van der Waals surface area contributed by atoms with Crippen LogP contribution in [0.5, 0.6) is 0 Å². The average Bonchev–Trinajstić information content (AvgIpc) is 3.20. The normalized spacial score (nSPS) is 17.5. The first kappa shape index (κ1) is 20.7. The number of allylic oxidation sites excluding steroid dienone is 2. The number of carbonyl (C=O) groups is 1. The molecule has 1 aromatic heterocycles. The van der Waals surface area contributed by atoms with Gasteiger partial charge >= 0.3 is 0 Å². The van der Waals surface area contributed by atoms with Gasteiger partial charge in [0, 0.05) is 40.6 Å². The number of anilines is 1. The number of ketones is 1. The number of aromatic nitrogens is 3. The molecule has 162 valence electrons. The molecule has 3 aromatic rings. The van der Waals surface area contributed by atoms with Crippen molar-refractivity contribution in [3.8, 4) is 0 Å². The molecule has 1 aliphatic carbocycles. The molecule has 0 unspecified atom stereocenters. The SMILES string of the molecule is O=C1CCCC2=C1[C@H](c1ccc([N+](=O)[O-])cc1)n1nc(SCc3ccccc3Cl)nc1N2. The molecule has 0 amide bonds. The second kappa shape index (κ2) is 8.40. The molecule has 0 spiro atoms. The fourth-order valence-corrected chi connectivity index (χ4v) is 5.16. The van der Waals surface area contributed by atoms with Gasteiger partial charge in [-0.2, -0.15) is 4.98 Å². The Bertz CT molecular complexity index is 1250. The van der Waals surface area contributed by atoms with Crippen LogP contribution in [0.4, 0.5) is 11.6 Å². The third-order valence-corrected chi connectivity index (χ3v) is 6.84. The van der Waals surface area contributed by atoms with Crippen LogP contribution in [0.1, 0.15) is 36.4 Å². The van der Waals surface area contributed by atoms with Gasteiger partial charge in [0.2, 0.25) is 11.1 Å². The summed E-state index contributed by atoms with van der Waals surface area (Å²) in [5, 5.41) is 20.3. The Kier molecular flexibility index (Phi) is 5.44. The van der Waals surface area contributed by atoms with Crippen LogP contribution in [0.2, 0.25) is 5.02 Å². The van der Waals surface area contributed by atoms with E-state index in [2.05, 4.69) is 15.4 Å². The standard InChI is InChI=1S/C22H18ClN5O3S/c23-16-5-2-1-4-14(16)12-32-22-25-21-24-17-6-3-7-18(29)19(17)20(27(21)26-22)13-8-10-15(11-9-13)28(30)31/h1-2,4-5,8-11,20H,3,6-7,12H2,(H,24,25,26)/t20-/m0/s1. The highest BCUT2D eigenvalue weighted by molar-refractivity contribution is 7.98. The van der Waals surface area contributed by atoms with Gasteiger partial charge in [-0.15, -0.1) is 5.10 Å². The maximum Gasteiger partial charge on any atom is 0.269 e. The molecule has 2 aromatic carbocycles. The highest BCUT2D eigenvalue weighted by atomic mass is 35.5. The number of fused-ring (bicyclic) bond motifs is 1. The van der Waals surface area contributed by atoms with E-state index in [0.717, 1.165) is 29.7 Å². The minimum absolute atomic E-state index is 0.00153. The zero-order valence-electron chi connectivity index (χ0n) is 16.8. The summed E-state index contributed by atoms with van der Waals surface area (Å²) in [6, 6.07) is 13.4. The monoisotopic (exact) mass is 467 g/mol. The van der Waals surface area contributed by atoms with Crippen LogP contribution >= 0.6 is 23.4 Å². The van der Waals surface area contributed by atoms with Gasteiger partial charge in [-0.05, 0) is 42.2 Å². The molecule has 0 saturated carbocycles. The Labute approximate surface area is 192 Å². The number of nitro groups is 1. The van der Waals surface area contributed by atoms with Gasteiger partial charge in [0.05, 0.1) is 4.92 Å². The lowest BCUT2D eigenvalue weighted by Gasteiger charge is -2.32. The van der Waals surface area contributed by atoms with Crippen molar-refractivity contribution in [1.29, 1.82) is 0 Å². The Morgan fingerprint density at radius 2 is 1.97 bits per heavy atom. The van der Waals surface area contributed by atoms with Crippen molar-refractivity contribution in [2.24, 2.45) is 0 Å². The summed E-state index contributed by atoms with van der Waals surface area (Å²) >= 11 is 7.72. The number of nitro benzene ring substituents is 1. The molecule has 32 heavy (non-hydrogen) atoms. The van der Waals surface area contributed by atoms with Gasteiger partial charge in [-0.3, -0.25) is 14.9 Å². The number of Topliss-reactive ketones (excluding diaryl/α,β-unsaturated/α-hetero) is 1. The van der Waals surface area contributed by atoms with Crippen LogP contribution in [0.3, 0.4) is 0 Å². The zero-order chi connectivity index (χ0) is 22.2. The first-order chi connectivity index (χ1) is 15.5. The predicted molar refractivity (Wildman–Crippen MR) is 122 cm³/mol. The molecule has 1 aliphatic heterocycles. The molecule has 2 heterocycles. The summed E-state index contributed by atoms with van der Waals surface area (Å²) in [6.07, 6.45) is 2.00. The van der Waals surface area contributed by atoms with Crippen LogP contribution in [-0.4, -0.2) is 25.5 Å². The number of thioether (sulfide) groups is 1. The van der Waals surface area contributed by atoms with E-state index in [1.54, 1.807) is 16.8 Å². The average molecular weight is 468 g/mol. The van der Waals surface area contributed by atoms with Crippen molar-refractivity contribution in [1.82, 2.24) is 14.8 Å². The van der Waals surface area contributed by atoms with Gasteiger partial charge in [-0.25, -0.2) is 4.68 Å². The van der Waals surface area contributed by atoms with E-state index >= 15 is 0 Å². The first-order valence-corrected chi connectivity index (χ1v) is 11.5. The van der Waals surface area contributed by atoms with Crippen LogP contribution in [0, 0.1) is 10.1 Å². The molecule has 2 aliphatic rings. The van der Waals surface area contributed by atoms with Crippen molar-refractivity contribution in [2.45, 2.75) is 36.2 Å². The summed E-state index contributed by atoms with van der Waals surface area (Å²) in [5.41, 5.74) is 3.26. The molecule has 0 saturated heterocycles. The number of non-ortho nitro benzene ring substituents is 1. The zero-order valence-corrected chi connectivity index (χ0v) is 18.4. The predicted octanol–water partition coefficient (Wildman–Crippen LogP) is 5.15. The van der Waals surface area contributed by atoms with Crippen LogP contribution < -0.4 is 5.32 Å². The van der Waals surface area contributed by atoms with Crippen molar-refractivity contribution < 1.29 is 9.72 Å². The van der Waals surface area contributed by atoms with Crippen LogP contribution in [-0.2, 0) is 10.5 Å². The number of halogens is 1. The number of hydrogen-bond acceptors (Lipinski definition) is 7. The van der Waals surface area contributed by atoms with E-state index in [4.69, 9.17) is 11.6 Å². The molecule has 0 bridgehead atoms. The van der Waals surface area contributed by atoms with Crippen molar-refractivity contribution in [3.05, 3.63) is 86.1 Å². The minimum atomic E-state index is -0.475. The minimum Gasteiger partial charge on any atom is -0.328 e. The third kappa shape index (κ3) is 3.78. The van der Waals surface area contributed by atoms with Crippen LogP contribution in [0.25, 0.3) is 0 Å². The van der Waals surface area contributed by atoms with Crippen molar-refractivity contribution >= 4 is 40.8 Å². The summed E-state index contributed by atoms with van der Waals surface area (Å²) in [4.78, 5) is 28.1. The molecule has 0 fully saturated rings. The smallest absolute Gasteiger partial charge is 0.269 e. The number of carbonyl (C=O) groups excluding carboxylic acids is 1. The second-order valence-electron chi connectivity index (χ2n) is 7.59. The molecule has 1 N–H and O–H groups in total. The van der Waals surface area contributed by atoms with Gasteiger partial charge in [0.15, 0.2) is 5.78 Å². The lowest BCUT2D eigenvalue weighted by molar-refractivity contribution is -0.384. The topological polar surface area (TPSA) is 103 Å². The molecule has 8 nitrogen and oxygen atoms in total. The summed E-state index contributed by atoms with van der Waals surface area (Å²) in [7, 11) is 0. The third-order valence-electron chi connectivity index (χ3n) is 5.58. The highest BCUT2D eigenvalue weighted by Gasteiger charge is 2.37. The van der Waals surface area contributed by atoms with Gasteiger partial charge in [-0.1, -0.05) is 41.6 Å². The Balaban J connectivity index is 1.51. The van der Waals surface area contributed by atoms with Crippen LogP contribution in [0.15, 0.2) is 65.0 Å². The second-order valence-corrected chi connectivity index (χ2v) is 8.94. The molecule has 5 rings (SSSR count). The Morgan fingerprint density at radius 1 is 1.19 bits per heavy atom. The van der Waals surface area contributed by atoms with Gasteiger partial charge in [0.25, 0.3) is 5.69 Å². The fourth-order valence-electron chi connectivity index (χ4n) is 4.04. The number of nitrogens with one attached hydrogen (secondary N) is 1. The lowest BCUT2D eigenvalue weighted by Crippen LogP contribution is -2.31.